The second-order valence-corrected chi connectivity index (χ2v) is 5.63. The lowest BCUT2D eigenvalue weighted by molar-refractivity contribution is 0.253. The van der Waals surface area contributed by atoms with Crippen molar-refractivity contribution in [2.45, 2.75) is 38.3 Å². The molecular formula is C16H27IN4. The maximum absolute atomic E-state index is 5.90. The third kappa shape index (κ3) is 6.65. The van der Waals surface area contributed by atoms with Crippen LogP contribution in [0.25, 0.3) is 0 Å². The number of halogens is 1. The lowest BCUT2D eigenvalue weighted by Gasteiger charge is -2.22. The first-order valence-corrected chi connectivity index (χ1v) is 7.46. The predicted molar refractivity (Wildman–Crippen MR) is 100 cm³/mol. The highest BCUT2D eigenvalue weighted by Gasteiger charge is 2.28. The summed E-state index contributed by atoms with van der Waals surface area (Å²) in [6.45, 7) is 3.79. The Balaban J connectivity index is 0.00000220. The van der Waals surface area contributed by atoms with E-state index in [4.69, 9.17) is 5.73 Å². The molecule has 0 heterocycles. The molecule has 0 amide bonds. The Morgan fingerprint density at radius 3 is 2.67 bits per heavy atom. The van der Waals surface area contributed by atoms with E-state index in [-0.39, 0.29) is 24.0 Å². The van der Waals surface area contributed by atoms with Crippen LogP contribution < -0.4 is 11.1 Å². The molecule has 3 N–H and O–H groups in total. The maximum atomic E-state index is 5.90. The van der Waals surface area contributed by atoms with Crippen LogP contribution in [0, 0.1) is 0 Å². The van der Waals surface area contributed by atoms with Crippen LogP contribution in [0.3, 0.4) is 0 Å². The van der Waals surface area contributed by atoms with Crippen molar-refractivity contribution in [3.63, 3.8) is 0 Å². The number of aliphatic imine (C=N–C) groups is 1. The molecule has 0 spiro atoms. The van der Waals surface area contributed by atoms with Gasteiger partial charge in [-0.15, -0.1) is 24.0 Å². The number of nitrogens with two attached hydrogens (primary N) is 1. The molecule has 1 aliphatic rings. The van der Waals surface area contributed by atoms with Gasteiger partial charge in [0.25, 0.3) is 0 Å². The molecule has 1 aromatic rings. The second-order valence-electron chi connectivity index (χ2n) is 5.63. The molecule has 1 saturated carbocycles. The number of hydrogen-bond donors (Lipinski definition) is 2. The summed E-state index contributed by atoms with van der Waals surface area (Å²) < 4.78 is 0. The number of guanidine groups is 1. The van der Waals surface area contributed by atoms with Gasteiger partial charge in [0.05, 0.1) is 6.54 Å². The summed E-state index contributed by atoms with van der Waals surface area (Å²) in [6, 6.07) is 11.6. The SMILES string of the molecule is CC(CN=C(N)NCCc1ccccc1)N(C)C1CC1.I. The molecule has 21 heavy (non-hydrogen) atoms. The Morgan fingerprint density at radius 2 is 2.05 bits per heavy atom. The third-order valence-electron chi connectivity index (χ3n) is 3.91. The molecule has 118 valence electrons. The molecule has 0 aromatic heterocycles. The van der Waals surface area contributed by atoms with Gasteiger partial charge in [-0.3, -0.25) is 9.89 Å². The third-order valence-corrected chi connectivity index (χ3v) is 3.91. The van der Waals surface area contributed by atoms with E-state index in [1.165, 1.54) is 18.4 Å². The molecule has 0 bridgehead atoms. The molecule has 5 heteroatoms. The molecule has 0 radical (unpaired) electrons. The summed E-state index contributed by atoms with van der Waals surface area (Å²) in [6.07, 6.45) is 3.62. The van der Waals surface area contributed by atoms with E-state index in [0.717, 1.165) is 25.6 Å². The summed E-state index contributed by atoms with van der Waals surface area (Å²) in [7, 11) is 2.18. The van der Waals surface area contributed by atoms with Crippen molar-refractivity contribution in [1.82, 2.24) is 10.2 Å². The fourth-order valence-corrected chi connectivity index (χ4v) is 2.24. The predicted octanol–water partition coefficient (Wildman–Crippen LogP) is 2.23. The van der Waals surface area contributed by atoms with Crippen molar-refractivity contribution in [1.29, 1.82) is 0 Å². The highest BCUT2D eigenvalue weighted by atomic mass is 127. The Bertz CT molecular complexity index is 431. The van der Waals surface area contributed by atoms with Gasteiger partial charge in [-0.05, 0) is 38.8 Å². The largest absolute Gasteiger partial charge is 0.370 e. The number of nitrogens with one attached hydrogen (secondary N) is 1. The van der Waals surface area contributed by atoms with Gasteiger partial charge in [0.1, 0.15) is 0 Å². The van der Waals surface area contributed by atoms with Crippen LogP contribution in [0.4, 0.5) is 0 Å². The highest BCUT2D eigenvalue weighted by molar-refractivity contribution is 14.0. The summed E-state index contributed by atoms with van der Waals surface area (Å²) in [5, 5.41) is 3.18. The van der Waals surface area contributed by atoms with Gasteiger partial charge in [0, 0.05) is 18.6 Å². The van der Waals surface area contributed by atoms with Gasteiger partial charge in [-0.25, -0.2) is 0 Å². The van der Waals surface area contributed by atoms with Crippen LogP contribution in [0.5, 0.6) is 0 Å². The Kier molecular flexibility index (Phi) is 8.03. The molecule has 1 fully saturated rings. The first-order valence-electron chi connectivity index (χ1n) is 7.46. The summed E-state index contributed by atoms with van der Waals surface area (Å²) in [4.78, 5) is 6.83. The molecule has 2 rings (SSSR count). The van der Waals surface area contributed by atoms with Gasteiger partial charge in [0.2, 0.25) is 0 Å². The van der Waals surface area contributed by atoms with Gasteiger partial charge in [-0.1, -0.05) is 30.3 Å². The van der Waals surface area contributed by atoms with E-state index in [0.29, 0.717) is 12.0 Å². The molecular weight excluding hydrogens is 375 g/mol. The molecule has 1 atom stereocenters. The smallest absolute Gasteiger partial charge is 0.188 e. The number of likely N-dealkylation sites (N-methyl/N-ethyl adjacent to an activating group) is 1. The summed E-state index contributed by atoms with van der Waals surface area (Å²) in [5.74, 6) is 0.553. The van der Waals surface area contributed by atoms with Crippen molar-refractivity contribution in [2.24, 2.45) is 10.7 Å². The van der Waals surface area contributed by atoms with Crippen LogP contribution in [-0.4, -0.2) is 43.1 Å². The quantitative estimate of drug-likeness (QED) is 0.418. The molecule has 1 aromatic carbocycles. The Morgan fingerprint density at radius 1 is 1.38 bits per heavy atom. The van der Waals surface area contributed by atoms with Crippen molar-refractivity contribution in [3.8, 4) is 0 Å². The average molecular weight is 402 g/mol. The Hall–Kier alpha value is -0.820. The van der Waals surface area contributed by atoms with E-state index < -0.39 is 0 Å². The highest BCUT2D eigenvalue weighted by Crippen LogP contribution is 2.26. The monoisotopic (exact) mass is 402 g/mol. The average Bonchev–Trinajstić information content (AvgIpc) is 3.29. The van der Waals surface area contributed by atoms with E-state index in [2.05, 4.69) is 53.4 Å². The first-order chi connectivity index (χ1) is 9.66. The number of hydrogen-bond acceptors (Lipinski definition) is 2. The fraction of sp³-hybridized carbons (Fsp3) is 0.562. The van der Waals surface area contributed by atoms with E-state index in [1.807, 2.05) is 6.07 Å². The van der Waals surface area contributed by atoms with Crippen molar-refractivity contribution in [3.05, 3.63) is 35.9 Å². The minimum atomic E-state index is 0. The van der Waals surface area contributed by atoms with E-state index >= 15 is 0 Å². The fourth-order valence-electron chi connectivity index (χ4n) is 2.24. The van der Waals surface area contributed by atoms with Gasteiger partial charge in [0.15, 0.2) is 5.96 Å². The maximum Gasteiger partial charge on any atom is 0.188 e. The number of benzene rings is 1. The van der Waals surface area contributed by atoms with Gasteiger partial charge in [-0.2, -0.15) is 0 Å². The van der Waals surface area contributed by atoms with Gasteiger partial charge >= 0.3 is 0 Å². The number of rotatable bonds is 7. The normalized spacial score (nSPS) is 16.4. The lowest BCUT2D eigenvalue weighted by Crippen LogP contribution is -2.37. The summed E-state index contributed by atoms with van der Waals surface area (Å²) in [5.41, 5.74) is 7.21. The van der Waals surface area contributed by atoms with Crippen molar-refractivity contribution < 1.29 is 0 Å². The zero-order valence-corrected chi connectivity index (χ0v) is 15.3. The lowest BCUT2D eigenvalue weighted by atomic mass is 10.1. The standard InChI is InChI=1S/C16H26N4.HI/c1-13(20(2)15-8-9-15)12-19-16(17)18-11-10-14-6-4-3-5-7-14;/h3-7,13,15H,8-12H2,1-2H3,(H3,17,18,19);1H. The van der Waals surface area contributed by atoms with Crippen molar-refractivity contribution in [2.75, 3.05) is 20.1 Å². The van der Waals surface area contributed by atoms with Crippen LogP contribution >= 0.6 is 24.0 Å². The first kappa shape index (κ1) is 18.2. The zero-order valence-electron chi connectivity index (χ0n) is 13.0. The van der Waals surface area contributed by atoms with Crippen LogP contribution in [-0.2, 0) is 6.42 Å². The molecule has 1 unspecified atom stereocenters. The Labute approximate surface area is 145 Å². The molecule has 0 aliphatic heterocycles. The zero-order chi connectivity index (χ0) is 14.4. The minimum Gasteiger partial charge on any atom is -0.370 e. The molecule has 0 saturated heterocycles. The molecule has 1 aliphatic carbocycles. The molecule has 4 nitrogen and oxygen atoms in total. The number of nitrogens with zero attached hydrogens (tertiary/aromatic N) is 2. The second kappa shape index (κ2) is 9.25. The summed E-state index contributed by atoms with van der Waals surface area (Å²) >= 11 is 0. The topological polar surface area (TPSA) is 53.6 Å². The van der Waals surface area contributed by atoms with Crippen molar-refractivity contribution >= 4 is 29.9 Å². The minimum absolute atomic E-state index is 0. The van der Waals surface area contributed by atoms with Gasteiger partial charge < -0.3 is 11.1 Å². The van der Waals surface area contributed by atoms with E-state index in [1.54, 1.807) is 0 Å². The van der Waals surface area contributed by atoms with Crippen LogP contribution in [0.1, 0.15) is 25.3 Å². The van der Waals surface area contributed by atoms with Crippen LogP contribution in [0.2, 0.25) is 0 Å². The van der Waals surface area contributed by atoms with E-state index in [9.17, 15) is 0 Å². The van der Waals surface area contributed by atoms with Crippen LogP contribution in [0.15, 0.2) is 35.3 Å².